The lowest BCUT2D eigenvalue weighted by molar-refractivity contribution is 0.454. The molecule has 1 unspecified atom stereocenters. The van der Waals surface area contributed by atoms with Gasteiger partial charge in [-0.05, 0) is 69.0 Å². The van der Waals surface area contributed by atoms with Gasteiger partial charge in [-0.15, -0.1) is 0 Å². The van der Waals surface area contributed by atoms with Crippen molar-refractivity contribution in [2.75, 3.05) is 12.4 Å². The lowest BCUT2D eigenvalue weighted by Gasteiger charge is -2.37. The van der Waals surface area contributed by atoms with Crippen LogP contribution in [0.1, 0.15) is 44.2 Å². The number of hydrogen-bond donors (Lipinski definition) is 3. The SMILES string of the molecule is CNSO.Cc1ccc(-c2ccc3c(c2)C(C)CC(C)(C)N3)cc1. The highest BCUT2D eigenvalue weighted by Gasteiger charge is 2.29. The topological polar surface area (TPSA) is 44.3 Å². The van der Waals surface area contributed by atoms with Gasteiger partial charge in [0.2, 0.25) is 0 Å². The van der Waals surface area contributed by atoms with E-state index < -0.39 is 0 Å². The Morgan fingerprint density at radius 3 is 2.29 bits per heavy atom. The minimum absolute atomic E-state index is 0.192. The van der Waals surface area contributed by atoms with Crippen LogP contribution in [0.4, 0.5) is 5.69 Å². The Morgan fingerprint density at radius 1 is 1.12 bits per heavy atom. The van der Waals surface area contributed by atoms with Gasteiger partial charge in [0, 0.05) is 11.2 Å². The van der Waals surface area contributed by atoms with Gasteiger partial charge >= 0.3 is 0 Å². The molecule has 4 heteroatoms. The molecule has 1 atom stereocenters. The average Bonchev–Trinajstić information content (AvgIpc) is 2.55. The number of nitrogens with one attached hydrogen (secondary N) is 2. The van der Waals surface area contributed by atoms with Crippen LogP contribution in [0.15, 0.2) is 42.5 Å². The molecular formula is C20H28N2OS. The summed E-state index contributed by atoms with van der Waals surface area (Å²) in [6, 6.07) is 15.6. The zero-order valence-corrected chi connectivity index (χ0v) is 16.0. The molecule has 3 nitrogen and oxygen atoms in total. The number of fused-ring (bicyclic) bond motifs is 1. The third-order valence-corrected chi connectivity index (χ3v) is 4.53. The number of benzene rings is 2. The molecule has 0 bridgehead atoms. The van der Waals surface area contributed by atoms with E-state index in [4.69, 9.17) is 4.55 Å². The highest BCUT2D eigenvalue weighted by Crippen LogP contribution is 2.40. The summed E-state index contributed by atoms with van der Waals surface area (Å²) in [5.74, 6) is 0.603. The summed E-state index contributed by atoms with van der Waals surface area (Å²) >= 11 is 0.606. The summed E-state index contributed by atoms with van der Waals surface area (Å²) in [7, 11) is 1.64. The van der Waals surface area contributed by atoms with Gasteiger partial charge in [0.05, 0.1) is 12.2 Å². The maximum atomic E-state index is 7.68. The molecule has 3 N–H and O–H groups in total. The smallest absolute Gasteiger partial charge is 0.0757 e. The van der Waals surface area contributed by atoms with Gasteiger partial charge in [0.25, 0.3) is 0 Å². The van der Waals surface area contributed by atoms with E-state index in [0.29, 0.717) is 18.1 Å². The van der Waals surface area contributed by atoms with Crippen molar-refractivity contribution in [3.8, 4) is 11.1 Å². The van der Waals surface area contributed by atoms with E-state index in [9.17, 15) is 0 Å². The summed E-state index contributed by atoms with van der Waals surface area (Å²) in [5.41, 5.74) is 6.86. The Morgan fingerprint density at radius 2 is 1.71 bits per heavy atom. The Balaban J connectivity index is 0.000000471. The predicted octanol–water partition coefficient (Wildman–Crippen LogP) is 5.69. The molecule has 0 radical (unpaired) electrons. The quantitative estimate of drug-likeness (QED) is 0.484. The second-order valence-corrected chi connectivity index (χ2v) is 7.67. The first-order valence-corrected chi connectivity index (χ1v) is 9.10. The van der Waals surface area contributed by atoms with Crippen molar-refractivity contribution in [3.05, 3.63) is 53.6 Å². The Kier molecular flexibility index (Phi) is 6.33. The fourth-order valence-electron chi connectivity index (χ4n) is 3.30. The Bertz CT molecular complexity index is 666. The van der Waals surface area contributed by atoms with Crippen LogP contribution >= 0.6 is 12.2 Å². The fraction of sp³-hybridized carbons (Fsp3) is 0.400. The van der Waals surface area contributed by atoms with Crippen LogP contribution in [-0.4, -0.2) is 17.1 Å². The zero-order chi connectivity index (χ0) is 17.7. The van der Waals surface area contributed by atoms with Crippen LogP contribution < -0.4 is 10.0 Å². The van der Waals surface area contributed by atoms with Crippen LogP contribution in [0.5, 0.6) is 0 Å². The standard InChI is InChI=1S/C19H23N.CH5NOS/c1-13-5-7-15(8-6-13)16-9-10-18-17(11-16)14(2)12-19(3,4)20-18;1-2-4-3/h5-11,14,20H,12H2,1-4H3;2-3H,1H3. The maximum Gasteiger partial charge on any atom is 0.0757 e. The molecule has 1 aliphatic heterocycles. The van der Waals surface area contributed by atoms with Gasteiger partial charge < -0.3 is 9.87 Å². The highest BCUT2D eigenvalue weighted by molar-refractivity contribution is 7.91. The number of hydrogen-bond acceptors (Lipinski definition) is 4. The maximum absolute atomic E-state index is 7.68. The summed E-state index contributed by atoms with van der Waals surface area (Å²) in [6.07, 6.45) is 1.18. The number of anilines is 1. The molecule has 0 aliphatic carbocycles. The monoisotopic (exact) mass is 344 g/mol. The van der Waals surface area contributed by atoms with Crippen LogP contribution in [0.3, 0.4) is 0 Å². The highest BCUT2D eigenvalue weighted by atomic mass is 32.2. The summed E-state index contributed by atoms with van der Waals surface area (Å²) < 4.78 is 10.1. The molecule has 24 heavy (non-hydrogen) atoms. The molecule has 130 valence electrons. The lowest BCUT2D eigenvalue weighted by atomic mass is 9.81. The van der Waals surface area contributed by atoms with Gasteiger partial charge in [0.15, 0.2) is 0 Å². The minimum atomic E-state index is 0.192. The third kappa shape index (κ3) is 4.76. The third-order valence-electron chi connectivity index (χ3n) is 4.35. The first kappa shape index (κ1) is 18.8. The number of aryl methyl sites for hydroxylation is 1. The number of rotatable bonds is 2. The molecule has 2 aromatic rings. The van der Waals surface area contributed by atoms with Crippen molar-refractivity contribution >= 4 is 17.9 Å². The van der Waals surface area contributed by atoms with E-state index in [1.165, 1.54) is 34.4 Å². The molecule has 1 aliphatic rings. The first-order chi connectivity index (χ1) is 11.4. The first-order valence-electron chi connectivity index (χ1n) is 8.32. The Labute approximate surface area is 150 Å². The fourth-order valence-corrected chi connectivity index (χ4v) is 3.30. The largest absolute Gasteiger partial charge is 0.380 e. The van der Waals surface area contributed by atoms with E-state index in [2.05, 4.69) is 80.2 Å². The molecule has 3 rings (SSSR count). The van der Waals surface area contributed by atoms with Crippen molar-refractivity contribution in [2.45, 2.75) is 45.6 Å². The normalized spacial score (nSPS) is 18.0. The molecule has 0 saturated heterocycles. The summed E-state index contributed by atoms with van der Waals surface area (Å²) in [6.45, 7) is 9.02. The minimum Gasteiger partial charge on any atom is -0.380 e. The average molecular weight is 345 g/mol. The van der Waals surface area contributed by atoms with Crippen molar-refractivity contribution in [1.29, 1.82) is 0 Å². The van der Waals surface area contributed by atoms with Gasteiger partial charge in [-0.25, -0.2) is 4.72 Å². The molecule has 0 spiro atoms. The molecule has 1 heterocycles. The molecule has 2 aromatic carbocycles. The van der Waals surface area contributed by atoms with Crippen LogP contribution in [0.25, 0.3) is 11.1 Å². The van der Waals surface area contributed by atoms with E-state index in [0.717, 1.165) is 0 Å². The van der Waals surface area contributed by atoms with Gasteiger partial charge in [-0.3, -0.25) is 0 Å². The second kappa shape index (κ2) is 8.06. The van der Waals surface area contributed by atoms with Crippen molar-refractivity contribution < 1.29 is 4.55 Å². The molecule has 0 saturated carbocycles. The van der Waals surface area contributed by atoms with Gasteiger partial charge in [-0.2, -0.15) is 0 Å². The van der Waals surface area contributed by atoms with Gasteiger partial charge in [0.1, 0.15) is 0 Å². The van der Waals surface area contributed by atoms with E-state index >= 15 is 0 Å². The molecular weight excluding hydrogens is 316 g/mol. The Hall–Kier alpha value is -1.49. The summed E-state index contributed by atoms with van der Waals surface area (Å²) in [4.78, 5) is 0. The van der Waals surface area contributed by atoms with Crippen molar-refractivity contribution in [2.24, 2.45) is 0 Å². The van der Waals surface area contributed by atoms with Crippen LogP contribution in [0.2, 0.25) is 0 Å². The summed E-state index contributed by atoms with van der Waals surface area (Å²) in [5, 5.41) is 3.65. The van der Waals surface area contributed by atoms with Crippen LogP contribution in [0, 0.1) is 6.92 Å². The van der Waals surface area contributed by atoms with Crippen LogP contribution in [-0.2, 0) is 0 Å². The van der Waals surface area contributed by atoms with E-state index in [-0.39, 0.29) is 5.54 Å². The van der Waals surface area contributed by atoms with E-state index in [1.807, 2.05) is 0 Å². The van der Waals surface area contributed by atoms with Crippen molar-refractivity contribution in [1.82, 2.24) is 4.72 Å². The lowest BCUT2D eigenvalue weighted by Crippen LogP contribution is -2.36. The predicted molar refractivity (Wildman–Crippen MR) is 107 cm³/mol. The molecule has 0 amide bonds. The molecule has 0 fully saturated rings. The van der Waals surface area contributed by atoms with Crippen molar-refractivity contribution in [3.63, 3.8) is 0 Å². The molecule has 0 aromatic heterocycles. The zero-order valence-electron chi connectivity index (χ0n) is 15.2. The van der Waals surface area contributed by atoms with E-state index in [1.54, 1.807) is 7.05 Å². The van der Waals surface area contributed by atoms with Gasteiger partial charge in [-0.1, -0.05) is 42.8 Å². The second-order valence-electron chi connectivity index (χ2n) is 7.08.